The van der Waals surface area contributed by atoms with Gasteiger partial charge in [0.2, 0.25) is 0 Å². The summed E-state index contributed by atoms with van der Waals surface area (Å²) in [5.41, 5.74) is 3.06. The van der Waals surface area contributed by atoms with E-state index in [2.05, 4.69) is 29.4 Å². The number of amides is 2. The van der Waals surface area contributed by atoms with Gasteiger partial charge in [-0.15, -0.1) is 0 Å². The van der Waals surface area contributed by atoms with Crippen molar-refractivity contribution in [3.05, 3.63) is 59.7 Å². The largest absolute Gasteiger partial charge is 0.372 e. The van der Waals surface area contributed by atoms with E-state index < -0.39 is 0 Å². The van der Waals surface area contributed by atoms with Crippen LogP contribution in [0.3, 0.4) is 0 Å². The summed E-state index contributed by atoms with van der Waals surface area (Å²) >= 11 is 0. The number of hydrogen-bond acceptors (Lipinski definition) is 3. The molecule has 3 rings (SSSR count). The Morgan fingerprint density at radius 1 is 0.893 bits per heavy atom. The lowest BCUT2D eigenvalue weighted by molar-refractivity contribution is 0.0950. The topological polar surface area (TPSA) is 61.4 Å². The fourth-order valence-corrected chi connectivity index (χ4v) is 3.28. The number of hydrogen-bond donors (Lipinski definition) is 2. The average molecular weight is 380 g/mol. The molecule has 1 aliphatic rings. The van der Waals surface area contributed by atoms with Gasteiger partial charge in [0.1, 0.15) is 0 Å². The second kappa shape index (κ2) is 9.40. The molecule has 0 atom stereocenters. The Hall–Kier alpha value is -2.82. The molecule has 0 bridgehead atoms. The van der Waals surface area contributed by atoms with Crippen LogP contribution in [0.2, 0.25) is 0 Å². The van der Waals surface area contributed by atoms with Gasteiger partial charge in [0, 0.05) is 42.1 Å². The van der Waals surface area contributed by atoms with Gasteiger partial charge in [-0.25, -0.2) is 0 Å². The van der Waals surface area contributed by atoms with Crippen molar-refractivity contribution >= 4 is 23.2 Å². The van der Waals surface area contributed by atoms with Gasteiger partial charge in [0.15, 0.2) is 0 Å². The molecule has 1 aliphatic heterocycles. The van der Waals surface area contributed by atoms with Gasteiger partial charge in [-0.1, -0.05) is 13.8 Å². The molecular weight excluding hydrogens is 350 g/mol. The van der Waals surface area contributed by atoms with E-state index in [1.54, 1.807) is 24.3 Å². The Balaban J connectivity index is 1.54. The molecule has 0 radical (unpaired) electrons. The van der Waals surface area contributed by atoms with Crippen LogP contribution in [-0.2, 0) is 0 Å². The lowest BCUT2D eigenvalue weighted by atomic mass is 10.1. The molecule has 1 fully saturated rings. The standard InChI is InChI=1S/C23H29N3O2/c1-17(2)13-14-24-22(27)18-5-7-19(8-6-18)23(28)25-20-9-11-21(12-10-20)26-15-3-4-16-26/h5-12,17H,3-4,13-16H2,1-2H3,(H,24,27)(H,25,28). The highest BCUT2D eigenvalue weighted by Crippen LogP contribution is 2.22. The summed E-state index contributed by atoms with van der Waals surface area (Å²) in [5, 5.41) is 5.82. The van der Waals surface area contributed by atoms with E-state index >= 15 is 0 Å². The summed E-state index contributed by atoms with van der Waals surface area (Å²) in [5.74, 6) is 0.265. The minimum atomic E-state index is -0.180. The van der Waals surface area contributed by atoms with E-state index in [1.165, 1.54) is 18.5 Å². The van der Waals surface area contributed by atoms with Crippen molar-refractivity contribution in [2.75, 3.05) is 29.9 Å². The highest BCUT2D eigenvalue weighted by atomic mass is 16.2. The minimum Gasteiger partial charge on any atom is -0.372 e. The molecule has 0 aliphatic carbocycles. The van der Waals surface area contributed by atoms with Crippen molar-refractivity contribution in [3.8, 4) is 0 Å². The first kappa shape index (κ1) is 19.9. The van der Waals surface area contributed by atoms with E-state index in [0.717, 1.165) is 25.2 Å². The zero-order chi connectivity index (χ0) is 19.9. The Bertz CT molecular complexity index is 792. The molecule has 0 unspecified atom stereocenters. The maximum Gasteiger partial charge on any atom is 0.255 e. The third-order valence-corrected chi connectivity index (χ3v) is 5.01. The predicted molar refractivity (Wildman–Crippen MR) is 114 cm³/mol. The predicted octanol–water partition coefficient (Wildman–Crippen LogP) is 4.32. The first-order valence-corrected chi connectivity index (χ1v) is 10.1. The first-order valence-electron chi connectivity index (χ1n) is 10.1. The van der Waals surface area contributed by atoms with Crippen molar-refractivity contribution in [1.82, 2.24) is 5.32 Å². The number of carbonyl (C=O) groups excluding carboxylic acids is 2. The van der Waals surface area contributed by atoms with Gasteiger partial charge < -0.3 is 15.5 Å². The molecule has 0 saturated carbocycles. The van der Waals surface area contributed by atoms with Crippen LogP contribution in [-0.4, -0.2) is 31.4 Å². The minimum absolute atomic E-state index is 0.106. The Kier molecular flexibility index (Phi) is 6.69. The molecule has 2 aromatic rings. The smallest absolute Gasteiger partial charge is 0.255 e. The summed E-state index contributed by atoms with van der Waals surface area (Å²) in [6.07, 6.45) is 3.43. The molecule has 1 saturated heterocycles. The second-order valence-corrected chi connectivity index (χ2v) is 7.71. The summed E-state index contributed by atoms with van der Waals surface area (Å²) in [4.78, 5) is 26.9. The fourth-order valence-electron chi connectivity index (χ4n) is 3.28. The molecule has 0 aromatic heterocycles. The summed E-state index contributed by atoms with van der Waals surface area (Å²) in [7, 11) is 0. The molecule has 1 heterocycles. The molecule has 2 N–H and O–H groups in total. The molecule has 5 heteroatoms. The quantitative estimate of drug-likeness (QED) is 0.753. The second-order valence-electron chi connectivity index (χ2n) is 7.71. The van der Waals surface area contributed by atoms with Crippen LogP contribution in [0.25, 0.3) is 0 Å². The van der Waals surface area contributed by atoms with Crippen molar-refractivity contribution in [1.29, 1.82) is 0 Å². The number of benzene rings is 2. The monoisotopic (exact) mass is 379 g/mol. The van der Waals surface area contributed by atoms with Crippen LogP contribution >= 0.6 is 0 Å². The highest BCUT2D eigenvalue weighted by Gasteiger charge is 2.13. The molecule has 28 heavy (non-hydrogen) atoms. The highest BCUT2D eigenvalue weighted by molar-refractivity contribution is 6.05. The normalized spacial score (nSPS) is 13.6. The van der Waals surface area contributed by atoms with Gasteiger partial charge in [-0.3, -0.25) is 9.59 Å². The fraction of sp³-hybridized carbons (Fsp3) is 0.391. The third-order valence-electron chi connectivity index (χ3n) is 5.01. The maximum atomic E-state index is 12.5. The van der Waals surface area contributed by atoms with Crippen LogP contribution in [0.15, 0.2) is 48.5 Å². The van der Waals surface area contributed by atoms with Crippen LogP contribution < -0.4 is 15.5 Å². The maximum absolute atomic E-state index is 12.5. The summed E-state index contributed by atoms with van der Waals surface area (Å²) < 4.78 is 0. The molecule has 5 nitrogen and oxygen atoms in total. The number of nitrogens with one attached hydrogen (secondary N) is 2. The van der Waals surface area contributed by atoms with Gasteiger partial charge >= 0.3 is 0 Å². The SMILES string of the molecule is CC(C)CCNC(=O)c1ccc(C(=O)Nc2ccc(N3CCCC3)cc2)cc1. The third kappa shape index (κ3) is 5.35. The lowest BCUT2D eigenvalue weighted by Crippen LogP contribution is -2.25. The van der Waals surface area contributed by atoms with E-state index in [0.29, 0.717) is 23.6 Å². The number of anilines is 2. The summed E-state index contributed by atoms with van der Waals surface area (Å²) in [6, 6.07) is 14.7. The van der Waals surface area contributed by atoms with Crippen molar-refractivity contribution in [2.24, 2.45) is 5.92 Å². The van der Waals surface area contributed by atoms with Crippen molar-refractivity contribution in [3.63, 3.8) is 0 Å². The van der Waals surface area contributed by atoms with Gasteiger partial charge in [-0.05, 0) is 73.7 Å². The number of rotatable bonds is 7. The van der Waals surface area contributed by atoms with Gasteiger partial charge in [-0.2, -0.15) is 0 Å². The van der Waals surface area contributed by atoms with E-state index in [9.17, 15) is 9.59 Å². The Morgan fingerprint density at radius 2 is 1.46 bits per heavy atom. The molecule has 2 aromatic carbocycles. The molecule has 148 valence electrons. The Labute approximate surface area is 167 Å². The van der Waals surface area contributed by atoms with Gasteiger partial charge in [0.05, 0.1) is 0 Å². The van der Waals surface area contributed by atoms with Crippen LogP contribution in [0.4, 0.5) is 11.4 Å². The zero-order valence-corrected chi connectivity index (χ0v) is 16.7. The Morgan fingerprint density at radius 3 is 2.04 bits per heavy atom. The summed E-state index contributed by atoms with van der Waals surface area (Å²) in [6.45, 7) is 7.11. The van der Waals surface area contributed by atoms with Gasteiger partial charge in [0.25, 0.3) is 11.8 Å². The van der Waals surface area contributed by atoms with Crippen LogP contribution in [0.5, 0.6) is 0 Å². The van der Waals surface area contributed by atoms with Crippen molar-refractivity contribution < 1.29 is 9.59 Å². The molecule has 2 amide bonds. The number of nitrogens with zero attached hydrogens (tertiary/aromatic N) is 1. The van der Waals surface area contributed by atoms with E-state index in [4.69, 9.17) is 0 Å². The van der Waals surface area contributed by atoms with E-state index in [-0.39, 0.29) is 11.8 Å². The molecule has 0 spiro atoms. The van der Waals surface area contributed by atoms with Crippen LogP contribution in [0.1, 0.15) is 53.8 Å². The average Bonchev–Trinajstić information content (AvgIpc) is 3.23. The van der Waals surface area contributed by atoms with E-state index in [1.807, 2.05) is 24.3 Å². The first-order chi connectivity index (χ1) is 13.5. The lowest BCUT2D eigenvalue weighted by Gasteiger charge is -2.17. The zero-order valence-electron chi connectivity index (χ0n) is 16.7. The molecular formula is C23H29N3O2. The van der Waals surface area contributed by atoms with Crippen LogP contribution in [0, 0.1) is 5.92 Å². The van der Waals surface area contributed by atoms with Crippen molar-refractivity contribution in [2.45, 2.75) is 33.1 Å². The number of carbonyl (C=O) groups is 2.